The molecule has 6 rings (SSSR count). The Balaban J connectivity index is 1.05. The largest absolute Gasteiger partial charge is 0.450 e. The summed E-state index contributed by atoms with van der Waals surface area (Å²) >= 11 is 0. The van der Waals surface area contributed by atoms with Crippen LogP contribution < -0.4 is 4.90 Å². The molecular weight excluding hydrogens is 463 g/mol. The minimum Gasteiger partial charge on any atom is -0.450 e. The molecule has 1 unspecified atom stereocenters. The average Bonchev–Trinajstić information content (AvgIpc) is 3.52. The number of rotatable bonds is 4. The molecule has 0 aromatic carbocycles. The van der Waals surface area contributed by atoms with Crippen molar-refractivity contribution in [1.82, 2.24) is 14.8 Å². The van der Waals surface area contributed by atoms with Crippen molar-refractivity contribution < 1.29 is 23.4 Å². The quantitative estimate of drug-likeness (QED) is 0.621. The van der Waals surface area contributed by atoms with Gasteiger partial charge in [0.25, 0.3) is 0 Å². The number of carbonyl (C=O) groups is 1. The molecule has 1 atom stereocenters. The summed E-state index contributed by atoms with van der Waals surface area (Å²) in [4.78, 5) is 23.4. The van der Waals surface area contributed by atoms with Crippen molar-refractivity contribution in [2.75, 3.05) is 64.0 Å². The number of amides is 1. The zero-order chi connectivity index (χ0) is 24.8. The molecule has 1 aromatic rings. The number of pyridine rings is 1. The molecule has 3 saturated heterocycles. The van der Waals surface area contributed by atoms with Crippen molar-refractivity contribution in [3.05, 3.63) is 23.8 Å². The molecule has 198 valence electrons. The molecule has 1 amide bonds. The van der Waals surface area contributed by atoms with E-state index in [2.05, 4.69) is 14.8 Å². The van der Waals surface area contributed by atoms with Crippen molar-refractivity contribution in [3.63, 3.8) is 0 Å². The second-order valence-corrected chi connectivity index (χ2v) is 11.4. The first-order chi connectivity index (χ1) is 17.5. The third-order valence-corrected chi connectivity index (χ3v) is 9.24. The first-order valence-electron chi connectivity index (χ1n) is 13.8. The van der Waals surface area contributed by atoms with Crippen LogP contribution in [0.3, 0.4) is 0 Å². The van der Waals surface area contributed by atoms with E-state index in [9.17, 15) is 9.18 Å². The number of hydrogen-bond donors (Lipinski definition) is 0. The van der Waals surface area contributed by atoms with Crippen LogP contribution in [-0.4, -0.2) is 91.8 Å². The Hall–Kier alpha value is -1.97. The van der Waals surface area contributed by atoms with Crippen LogP contribution in [0.1, 0.15) is 63.5 Å². The number of halogens is 1. The van der Waals surface area contributed by atoms with E-state index in [4.69, 9.17) is 14.2 Å². The van der Waals surface area contributed by atoms with Gasteiger partial charge in [-0.05, 0) is 39.0 Å². The summed E-state index contributed by atoms with van der Waals surface area (Å²) < 4.78 is 31.3. The van der Waals surface area contributed by atoms with Gasteiger partial charge >= 0.3 is 6.09 Å². The summed E-state index contributed by atoms with van der Waals surface area (Å²) in [6.07, 6.45) is 8.40. The van der Waals surface area contributed by atoms with Crippen LogP contribution in [0.15, 0.2) is 12.3 Å². The van der Waals surface area contributed by atoms with Crippen LogP contribution in [0, 0.1) is 11.2 Å². The molecule has 3 aliphatic heterocycles. The zero-order valence-electron chi connectivity index (χ0n) is 21.4. The standard InChI is InChI=1S/C27H39FN4O4/c1-2-34-25(33)32-18-26(19-32)6-5-22(16-26)30-9-11-31(12-10-30)23-15-21(28)17-29-24(23)20-3-7-27(8-4-20)35-13-14-36-27/h15,17,20,22H,2-14,16,18-19H2,1H3. The maximum atomic E-state index is 14.3. The summed E-state index contributed by atoms with van der Waals surface area (Å²) in [5.41, 5.74) is 2.28. The molecule has 5 fully saturated rings. The molecule has 4 heterocycles. The maximum absolute atomic E-state index is 14.3. The van der Waals surface area contributed by atoms with Gasteiger partial charge in [-0.2, -0.15) is 0 Å². The van der Waals surface area contributed by atoms with Crippen molar-refractivity contribution >= 4 is 11.8 Å². The predicted molar refractivity (Wildman–Crippen MR) is 132 cm³/mol. The summed E-state index contributed by atoms with van der Waals surface area (Å²) in [5.74, 6) is -0.345. The lowest BCUT2D eigenvalue weighted by Gasteiger charge is -2.48. The highest BCUT2D eigenvalue weighted by Crippen LogP contribution is 2.48. The second kappa shape index (κ2) is 9.72. The molecule has 2 saturated carbocycles. The van der Waals surface area contributed by atoms with E-state index in [1.165, 1.54) is 19.0 Å². The first kappa shape index (κ1) is 24.4. The van der Waals surface area contributed by atoms with Crippen LogP contribution >= 0.6 is 0 Å². The van der Waals surface area contributed by atoms with Crippen molar-refractivity contribution in [3.8, 4) is 0 Å². The van der Waals surface area contributed by atoms with Gasteiger partial charge in [0.05, 0.1) is 37.4 Å². The fourth-order valence-electron chi connectivity index (χ4n) is 7.33. The number of hydrogen-bond acceptors (Lipinski definition) is 7. The van der Waals surface area contributed by atoms with E-state index in [-0.39, 0.29) is 17.3 Å². The molecule has 0 radical (unpaired) electrons. The average molecular weight is 503 g/mol. The van der Waals surface area contributed by atoms with Crippen LogP contribution in [0.4, 0.5) is 14.9 Å². The van der Waals surface area contributed by atoms with Crippen LogP contribution in [0.2, 0.25) is 0 Å². The van der Waals surface area contributed by atoms with Gasteiger partial charge in [-0.1, -0.05) is 0 Å². The highest BCUT2D eigenvalue weighted by Gasteiger charge is 2.51. The van der Waals surface area contributed by atoms with Crippen LogP contribution in [0.5, 0.6) is 0 Å². The topological polar surface area (TPSA) is 67.4 Å². The first-order valence-corrected chi connectivity index (χ1v) is 13.8. The van der Waals surface area contributed by atoms with Crippen LogP contribution in [0.25, 0.3) is 0 Å². The maximum Gasteiger partial charge on any atom is 0.409 e. The monoisotopic (exact) mass is 502 g/mol. The number of nitrogens with zero attached hydrogens (tertiary/aromatic N) is 4. The molecule has 36 heavy (non-hydrogen) atoms. The molecule has 1 aromatic heterocycles. The summed E-state index contributed by atoms with van der Waals surface area (Å²) in [7, 11) is 0. The summed E-state index contributed by atoms with van der Waals surface area (Å²) in [6.45, 7) is 9.05. The molecule has 9 heteroatoms. The minimum atomic E-state index is -0.394. The van der Waals surface area contributed by atoms with Gasteiger partial charge in [-0.15, -0.1) is 0 Å². The van der Waals surface area contributed by atoms with E-state index < -0.39 is 5.79 Å². The molecular formula is C27H39FN4O4. The van der Waals surface area contributed by atoms with Gasteiger partial charge in [0, 0.05) is 75.6 Å². The van der Waals surface area contributed by atoms with E-state index in [1.807, 2.05) is 11.8 Å². The lowest BCUT2D eigenvalue weighted by atomic mass is 9.78. The van der Waals surface area contributed by atoms with Crippen molar-refractivity contribution in [2.24, 2.45) is 5.41 Å². The molecule has 2 spiro atoms. The predicted octanol–water partition coefficient (Wildman–Crippen LogP) is 3.75. The Kier molecular flexibility index (Phi) is 6.58. The fourth-order valence-corrected chi connectivity index (χ4v) is 7.33. The molecule has 2 aliphatic carbocycles. The second-order valence-electron chi connectivity index (χ2n) is 11.4. The van der Waals surface area contributed by atoms with Gasteiger partial charge in [0.15, 0.2) is 5.79 Å². The van der Waals surface area contributed by atoms with Crippen molar-refractivity contribution in [2.45, 2.75) is 69.6 Å². The lowest BCUT2D eigenvalue weighted by Crippen LogP contribution is -2.58. The van der Waals surface area contributed by atoms with Gasteiger partial charge in [-0.25, -0.2) is 9.18 Å². The van der Waals surface area contributed by atoms with E-state index in [0.717, 1.165) is 82.8 Å². The highest BCUT2D eigenvalue weighted by molar-refractivity contribution is 5.69. The third kappa shape index (κ3) is 4.58. The Morgan fingerprint density at radius 2 is 1.83 bits per heavy atom. The molecule has 0 bridgehead atoms. The number of anilines is 1. The number of carbonyl (C=O) groups excluding carboxylic acids is 1. The summed E-state index contributed by atoms with van der Waals surface area (Å²) in [5, 5.41) is 0. The van der Waals surface area contributed by atoms with Gasteiger partial charge in [0.2, 0.25) is 0 Å². The number of ether oxygens (including phenoxy) is 3. The minimum absolute atomic E-state index is 0.170. The van der Waals surface area contributed by atoms with Gasteiger partial charge < -0.3 is 24.0 Å². The van der Waals surface area contributed by atoms with E-state index >= 15 is 0 Å². The van der Waals surface area contributed by atoms with Gasteiger partial charge in [-0.3, -0.25) is 9.88 Å². The van der Waals surface area contributed by atoms with Crippen LogP contribution in [-0.2, 0) is 14.2 Å². The van der Waals surface area contributed by atoms with E-state index in [0.29, 0.717) is 31.8 Å². The lowest BCUT2D eigenvalue weighted by molar-refractivity contribution is -0.178. The number of piperazine rings is 1. The Labute approximate surface area is 213 Å². The highest BCUT2D eigenvalue weighted by atomic mass is 19.1. The van der Waals surface area contributed by atoms with Gasteiger partial charge in [0.1, 0.15) is 5.82 Å². The SMILES string of the molecule is CCOC(=O)N1CC2(CCC(N3CCN(c4cc(F)cnc4C4CCC5(CC4)OCCO5)CC3)C2)C1. The third-order valence-electron chi connectivity index (χ3n) is 9.24. The number of likely N-dealkylation sites (tertiary alicyclic amines) is 1. The fraction of sp³-hybridized carbons (Fsp3) is 0.778. The normalized spacial score (nSPS) is 28.1. The molecule has 8 nitrogen and oxygen atoms in total. The summed E-state index contributed by atoms with van der Waals surface area (Å²) in [6, 6.07) is 2.26. The van der Waals surface area contributed by atoms with E-state index in [1.54, 1.807) is 6.07 Å². The number of aromatic nitrogens is 1. The Morgan fingerprint density at radius 1 is 1.11 bits per heavy atom. The Bertz CT molecular complexity index is 947. The smallest absolute Gasteiger partial charge is 0.409 e. The molecule has 0 N–H and O–H groups in total. The van der Waals surface area contributed by atoms with Crippen molar-refractivity contribution in [1.29, 1.82) is 0 Å². The Morgan fingerprint density at radius 3 is 2.53 bits per heavy atom. The zero-order valence-corrected chi connectivity index (χ0v) is 21.4. The molecule has 5 aliphatic rings.